The number of nitrogens with zero attached hydrogens (tertiary/aromatic N) is 3. The molecule has 0 aliphatic carbocycles. The van der Waals surface area contributed by atoms with Crippen molar-refractivity contribution >= 4 is 24.0 Å². The lowest BCUT2D eigenvalue weighted by Crippen LogP contribution is -2.04. The summed E-state index contributed by atoms with van der Waals surface area (Å²) in [4.78, 5) is 9.27. The first-order valence-electron chi connectivity index (χ1n) is 9.32. The van der Waals surface area contributed by atoms with Gasteiger partial charge in [-0.15, -0.1) is 0 Å². The van der Waals surface area contributed by atoms with E-state index in [1.807, 2.05) is 73.7 Å². The molecule has 0 spiro atoms. The fourth-order valence-electron chi connectivity index (χ4n) is 3.50. The van der Waals surface area contributed by atoms with E-state index in [-0.39, 0.29) is 0 Å². The van der Waals surface area contributed by atoms with Crippen molar-refractivity contribution in [3.05, 3.63) is 88.6 Å². The summed E-state index contributed by atoms with van der Waals surface area (Å²) in [6, 6.07) is 21.4. The standard InChI is InChI=1S/C24H21N3O2/c1-16-8-4-5-9-18(16)19-13-12-17(14-22(19)27(2)28)21-15-25-24(26-21)20-10-6-7-11-23(20)29-3/h4-14H,2,15H2,1,3H3. The van der Waals surface area contributed by atoms with Crippen LogP contribution in [0.25, 0.3) is 11.1 Å². The molecule has 0 amide bonds. The molecule has 0 fully saturated rings. The van der Waals surface area contributed by atoms with Crippen LogP contribution in [0.15, 0.2) is 76.7 Å². The van der Waals surface area contributed by atoms with Crippen molar-refractivity contribution in [2.45, 2.75) is 6.92 Å². The number of methoxy groups -OCH3 is 1. The van der Waals surface area contributed by atoms with Crippen molar-refractivity contribution in [2.24, 2.45) is 9.98 Å². The maximum absolute atomic E-state index is 12.2. The lowest BCUT2D eigenvalue weighted by molar-refractivity contribution is -0.349. The van der Waals surface area contributed by atoms with Crippen LogP contribution in [0.1, 0.15) is 16.7 Å². The van der Waals surface area contributed by atoms with Crippen LogP contribution >= 0.6 is 0 Å². The third-order valence-electron chi connectivity index (χ3n) is 5.00. The maximum atomic E-state index is 12.2. The summed E-state index contributed by atoms with van der Waals surface area (Å²) in [6.07, 6.45) is 0. The molecule has 0 aromatic heterocycles. The van der Waals surface area contributed by atoms with Gasteiger partial charge in [0.05, 0.1) is 30.5 Å². The van der Waals surface area contributed by atoms with Gasteiger partial charge in [-0.05, 0) is 36.2 Å². The summed E-state index contributed by atoms with van der Waals surface area (Å²) in [5, 5.41) is 12.2. The van der Waals surface area contributed by atoms with Gasteiger partial charge < -0.3 is 9.94 Å². The van der Waals surface area contributed by atoms with Crippen LogP contribution in [0.5, 0.6) is 5.75 Å². The summed E-state index contributed by atoms with van der Waals surface area (Å²) >= 11 is 0. The second-order valence-electron chi connectivity index (χ2n) is 6.82. The Bertz CT molecular complexity index is 1160. The largest absolute Gasteiger partial charge is 0.619 e. The average molecular weight is 383 g/mol. The smallest absolute Gasteiger partial charge is 0.224 e. The van der Waals surface area contributed by atoms with Gasteiger partial charge in [0.2, 0.25) is 5.69 Å². The molecule has 5 heteroatoms. The lowest BCUT2D eigenvalue weighted by atomic mass is 9.96. The number of para-hydroxylation sites is 1. The van der Waals surface area contributed by atoms with E-state index in [2.05, 4.69) is 11.7 Å². The van der Waals surface area contributed by atoms with E-state index in [9.17, 15) is 5.21 Å². The SMILES string of the molecule is C=[N+]([O-])c1cc(C2=NC(c3ccccc3OC)=NC2)ccc1-c1ccccc1C. The van der Waals surface area contributed by atoms with Crippen LogP contribution in [-0.2, 0) is 0 Å². The minimum Gasteiger partial charge on any atom is -0.619 e. The summed E-state index contributed by atoms with van der Waals surface area (Å²) in [5.41, 5.74) is 5.98. The predicted octanol–water partition coefficient (Wildman–Crippen LogP) is 4.76. The highest BCUT2D eigenvalue weighted by Gasteiger charge is 2.20. The molecular formula is C24H21N3O2. The number of aliphatic imine (C=N–C) groups is 2. The number of aryl methyl sites for hydroxylation is 1. The molecule has 1 aliphatic rings. The van der Waals surface area contributed by atoms with Crippen LogP contribution in [0.2, 0.25) is 0 Å². The fraction of sp³-hybridized carbons (Fsp3) is 0.125. The zero-order valence-corrected chi connectivity index (χ0v) is 16.4. The van der Waals surface area contributed by atoms with Gasteiger partial charge in [0, 0.05) is 11.6 Å². The van der Waals surface area contributed by atoms with Crippen molar-refractivity contribution in [3.63, 3.8) is 0 Å². The summed E-state index contributed by atoms with van der Waals surface area (Å²) < 4.78 is 6.07. The zero-order valence-electron chi connectivity index (χ0n) is 16.4. The molecule has 1 aliphatic heterocycles. The monoisotopic (exact) mass is 383 g/mol. The highest BCUT2D eigenvalue weighted by molar-refractivity contribution is 6.18. The van der Waals surface area contributed by atoms with Crippen LogP contribution in [0, 0.1) is 12.1 Å². The maximum Gasteiger partial charge on any atom is 0.224 e. The van der Waals surface area contributed by atoms with Gasteiger partial charge in [-0.1, -0.05) is 42.5 Å². The molecule has 5 nitrogen and oxygen atoms in total. The van der Waals surface area contributed by atoms with Crippen molar-refractivity contribution in [1.82, 2.24) is 0 Å². The van der Waals surface area contributed by atoms with E-state index in [1.165, 1.54) is 0 Å². The third kappa shape index (κ3) is 3.55. The van der Waals surface area contributed by atoms with Crippen LogP contribution in [0.3, 0.4) is 0 Å². The van der Waals surface area contributed by atoms with Crippen LogP contribution in [0.4, 0.5) is 5.69 Å². The first kappa shape index (κ1) is 18.6. The Kier molecular flexibility index (Phi) is 4.96. The van der Waals surface area contributed by atoms with E-state index >= 15 is 0 Å². The van der Waals surface area contributed by atoms with Gasteiger partial charge in [0.1, 0.15) is 12.5 Å². The van der Waals surface area contributed by atoms with Crippen LogP contribution < -0.4 is 4.74 Å². The fourth-order valence-corrected chi connectivity index (χ4v) is 3.50. The van der Waals surface area contributed by atoms with Gasteiger partial charge in [0.15, 0.2) is 5.84 Å². The van der Waals surface area contributed by atoms with Crippen molar-refractivity contribution in [3.8, 4) is 16.9 Å². The lowest BCUT2D eigenvalue weighted by Gasteiger charge is -2.12. The van der Waals surface area contributed by atoms with E-state index in [0.29, 0.717) is 22.8 Å². The van der Waals surface area contributed by atoms with Gasteiger partial charge in [0.25, 0.3) is 0 Å². The minimum absolute atomic E-state index is 0.451. The molecule has 4 rings (SSSR count). The van der Waals surface area contributed by atoms with Gasteiger partial charge in [-0.25, -0.2) is 4.99 Å². The molecule has 144 valence electrons. The van der Waals surface area contributed by atoms with E-state index in [4.69, 9.17) is 9.73 Å². The number of benzene rings is 3. The van der Waals surface area contributed by atoms with E-state index < -0.39 is 0 Å². The van der Waals surface area contributed by atoms with Crippen molar-refractivity contribution in [1.29, 1.82) is 0 Å². The summed E-state index contributed by atoms with van der Waals surface area (Å²) in [6.45, 7) is 6.05. The number of amidine groups is 1. The summed E-state index contributed by atoms with van der Waals surface area (Å²) in [7, 11) is 1.63. The van der Waals surface area contributed by atoms with Gasteiger partial charge in [-0.2, -0.15) is 4.74 Å². The first-order chi connectivity index (χ1) is 14.1. The zero-order chi connectivity index (χ0) is 20.4. The Morgan fingerprint density at radius 2 is 1.69 bits per heavy atom. The van der Waals surface area contributed by atoms with Crippen molar-refractivity contribution in [2.75, 3.05) is 13.7 Å². The molecule has 1 heterocycles. The average Bonchev–Trinajstić information content (AvgIpc) is 3.24. The molecule has 0 unspecified atom stereocenters. The molecule has 0 bridgehead atoms. The minimum atomic E-state index is 0.451. The highest BCUT2D eigenvalue weighted by atomic mass is 16.5. The molecule has 0 saturated heterocycles. The Morgan fingerprint density at radius 3 is 2.41 bits per heavy atom. The Hall–Kier alpha value is -3.73. The molecule has 0 radical (unpaired) electrons. The topological polar surface area (TPSA) is 60.0 Å². The van der Waals surface area contributed by atoms with Gasteiger partial charge in [-0.3, -0.25) is 4.99 Å². The molecule has 29 heavy (non-hydrogen) atoms. The number of hydrogen-bond acceptors (Lipinski definition) is 4. The number of hydrogen-bond donors (Lipinski definition) is 0. The molecule has 3 aromatic carbocycles. The quantitative estimate of drug-likeness (QED) is 0.276. The second-order valence-corrected chi connectivity index (χ2v) is 6.82. The second kappa shape index (κ2) is 7.72. The molecule has 0 saturated carbocycles. The first-order valence-corrected chi connectivity index (χ1v) is 9.32. The van der Waals surface area contributed by atoms with E-state index in [1.54, 1.807) is 7.11 Å². The summed E-state index contributed by atoms with van der Waals surface area (Å²) in [5.74, 6) is 1.37. The van der Waals surface area contributed by atoms with E-state index in [0.717, 1.165) is 39.3 Å². The van der Waals surface area contributed by atoms with Crippen LogP contribution in [-0.4, -0.2) is 36.7 Å². The molecule has 0 N–H and O–H groups in total. The molecule has 3 aromatic rings. The Labute approximate surface area is 169 Å². The number of rotatable bonds is 5. The molecular weight excluding hydrogens is 362 g/mol. The normalized spacial score (nSPS) is 13.0. The Morgan fingerprint density at radius 1 is 0.966 bits per heavy atom. The highest BCUT2D eigenvalue weighted by Crippen LogP contribution is 2.33. The number of ether oxygens (including phenoxy) is 1. The Balaban J connectivity index is 1.73. The third-order valence-corrected chi connectivity index (χ3v) is 5.00. The molecule has 0 atom stereocenters. The van der Waals surface area contributed by atoms with Crippen molar-refractivity contribution < 1.29 is 9.48 Å². The van der Waals surface area contributed by atoms with Gasteiger partial charge >= 0.3 is 0 Å². The predicted molar refractivity (Wildman–Crippen MR) is 118 cm³/mol.